The molecule has 0 spiro atoms. The summed E-state index contributed by atoms with van der Waals surface area (Å²) in [5.74, 6) is 2.15. The molecule has 0 fully saturated rings. The SMILES string of the molecule is COc1cc2c(cc1OC)[C@@H](CN(C)CCCC1C=Cc3ccccc3NC1=O)C2. The average Bonchev–Trinajstić information content (AvgIpc) is 2.90. The molecule has 0 aromatic heterocycles. The number of methoxy groups -OCH3 is 2. The molecule has 2 aromatic carbocycles. The standard InChI is InChI=1S/C25H30N2O3/c1-27(16-20-13-19-14-23(29-2)24(30-3)15-21(19)20)12-6-8-18-11-10-17-7-4-5-9-22(17)26-25(18)28/h4-5,7,9-11,14-15,18,20H,6,8,12-13,16H2,1-3H3,(H,26,28)/t18?,20-/m1/s1. The zero-order valence-corrected chi connectivity index (χ0v) is 18.0. The van der Waals surface area contributed by atoms with Gasteiger partial charge in [-0.25, -0.2) is 0 Å². The Balaban J connectivity index is 1.27. The van der Waals surface area contributed by atoms with Crippen LogP contribution in [0.1, 0.15) is 35.4 Å². The van der Waals surface area contributed by atoms with Gasteiger partial charge in [0.25, 0.3) is 0 Å². The van der Waals surface area contributed by atoms with E-state index in [0.717, 1.165) is 55.1 Å². The van der Waals surface area contributed by atoms with Crippen molar-refractivity contribution in [2.24, 2.45) is 5.92 Å². The van der Waals surface area contributed by atoms with Gasteiger partial charge in [0.2, 0.25) is 5.91 Å². The van der Waals surface area contributed by atoms with Gasteiger partial charge in [0.05, 0.1) is 20.1 Å². The van der Waals surface area contributed by atoms with E-state index in [-0.39, 0.29) is 11.8 Å². The molecule has 5 heteroatoms. The van der Waals surface area contributed by atoms with Crippen LogP contribution in [0.2, 0.25) is 0 Å². The smallest absolute Gasteiger partial charge is 0.231 e. The van der Waals surface area contributed by atoms with Gasteiger partial charge in [-0.05, 0) is 67.7 Å². The summed E-state index contributed by atoms with van der Waals surface area (Å²) in [6.45, 7) is 1.99. The van der Waals surface area contributed by atoms with E-state index in [1.165, 1.54) is 11.1 Å². The molecule has 1 unspecified atom stereocenters. The summed E-state index contributed by atoms with van der Waals surface area (Å²) in [6, 6.07) is 12.1. The van der Waals surface area contributed by atoms with Crippen LogP contribution in [0.4, 0.5) is 5.69 Å². The van der Waals surface area contributed by atoms with Crippen LogP contribution < -0.4 is 14.8 Å². The Morgan fingerprint density at radius 3 is 2.70 bits per heavy atom. The number of anilines is 1. The largest absolute Gasteiger partial charge is 0.493 e. The van der Waals surface area contributed by atoms with Crippen LogP contribution in [-0.4, -0.2) is 45.2 Å². The third-order valence-corrected chi connectivity index (χ3v) is 6.20. The maximum atomic E-state index is 12.5. The van der Waals surface area contributed by atoms with Crippen LogP contribution >= 0.6 is 0 Å². The first-order valence-corrected chi connectivity index (χ1v) is 10.6. The zero-order chi connectivity index (χ0) is 21.1. The van der Waals surface area contributed by atoms with Gasteiger partial charge in [0, 0.05) is 18.2 Å². The highest BCUT2D eigenvalue weighted by Crippen LogP contribution is 2.42. The third-order valence-electron chi connectivity index (χ3n) is 6.20. The van der Waals surface area contributed by atoms with Crippen molar-refractivity contribution in [3.63, 3.8) is 0 Å². The molecule has 158 valence electrons. The maximum absolute atomic E-state index is 12.5. The van der Waals surface area contributed by atoms with Crippen molar-refractivity contribution in [1.29, 1.82) is 0 Å². The van der Waals surface area contributed by atoms with Crippen LogP contribution in [0.25, 0.3) is 6.08 Å². The fourth-order valence-electron chi connectivity index (χ4n) is 4.47. The predicted molar refractivity (Wildman–Crippen MR) is 120 cm³/mol. The molecule has 1 aliphatic carbocycles. The number of rotatable bonds is 8. The second-order valence-electron chi connectivity index (χ2n) is 8.25. The molecular weight excluding hydrogens is 376 g/mol. The van der Waals surface area contributed by atoms with Crippen LogP contribution in [0, 0.1) is 5.92 Å². The number of para-hydroxylation sites is 1. The number of amides is 1. The molecule has 5 nitrogen and oxygen atoms in total. The fourth-order valence-corrected chi connectivity index (χ4v) is 4.47. The maximum Gasteiger partial charge on any atom is 0.231 e. The number of hydrogen-bond acceptors (Lipinski definition) is 4. The van der Waals surface area contributed by atoms with E-state index in [1.54, 1.807) is 14.2 Å². The lowest BCUT2D eigenvalue weighted by molar-refractivity contribution is -0.118. The number of hydrogen-bond donors (Lipinski definition) is 1. The van der Waals surface area contributed by atoms with Gasteiger partial charge >= 0.3 is 0 Å². The minimum atomic E-state index is -0.0769. The summed E-state index contributed by atoms with van der Waals surface area (Å²) in [4.78, 5) is 14.9. The van der Waals surface area contributed by atoms with Crippen molar-refractivity contribution in [3.05, 3.63) is 59.2 Å². The normalized spacial score (nSPS) is 19.4. The lowest BCUT2D eigenvalue weighted by Crippen LogP contribution is -2.32. The number of carbonyl (C=O) groups is 1. The fraction of sp³-hybridized carbons (Fsp3) is 0.400. The molecule has 0 radical (unpaired) electrons. The van der Waals surface area contributed by atoms with Crippen LogP contribution in [0.5, 0.6) is 11.5 Å². The minimum Gasteiger partial charge on any atom is -0.493 e. The number of nitrogens with zero attached hydrogens (tertiary/aromatic N) is 1. The second kappa shape index (κ2) is 8.92. The highest BCUT2D eigenvalue weighted by molar-refractivity contribution is 5.97. The quantitative estimate of drug-likeness (QED) is 0.709. The molecule has 1 amide bonds. The lowest BCUT2D eigenvalue weighted by atomic mass is 9.77. The van der Waals surface area contributed by atoms with Crippen LogP contribution in [0.3, 0.4) is 0 Å². The molecule has 30 heavy (non-hydrogen) atoms. The Labute approximate surface area is 178 Å². The number of likely N-dealkylation sites (N-methyl/N-ethyl adjacent to an activating group) is 1. The first kappa shape index (κ1) is 20.5. The monoisotopic (exact) mass is 406 g/mol. The Hall–Kier alpha value is -2.79. The lowest BCUT2D eigenvalue weighted by Gasteiger charge is -2.34. The number of nitrogens with one attached hydrogen (secondary N) is 1. The van der Waals surface area contributed by atoms with Crippen molar-refractivity contribution in [3.8, 4) is 11.5 Å². The van der Waals surface area contributed by atoms with E-state index in [0.29, 0.717) is 5.92 Å². The van der Waals surface area contributed by atoms with E-state index in [9.17, 15) is 4.79 Å². The van der Waals surface area contributed by atoms with Crippen LogP contribution in [-0.2, 0) is 11.2 Å². The van der Waals surface area contributed by atoms with Gasteiger partial charge in [0.15, 0.2) is 11.5 Å². The van der Waals surface area contributed by atoms with Gasteiger partial charge in [-0.15, -0.1) is 0 Å². The second-order valence-corrected chi connectivity index (χ2v) is 8.25. The summed E-state index contributed by atoms with van der Waals surface area (Å²) in [5.41, 5.74) is 4.68. The molecule has 0 saturated heterocycles. The Bertz CT molecular complexity index is 953. The molecule has 1 heterocycles. The molecule has 4 rings (SSSR count). The van der Waals surface area contributed by atoms with E-state index in [1.807, 2.05) is 30.3 Å². The Kier molecular flexibility index (Phi) is 6.09. The van der Waals surface area contributed by atoms with E-state index < -0.39 is 0 Å². The van der Waals surface area contributed by atoms with Gasteiger partial charge in [-0.1, -0.05) is 30.4 Å². The highest BCUT2D eigenvalue weighted by atomic mass is 16.5. The Morgan fingerprint density at radius 1 is 1.13 bits per heavy atom. The van der Waals surface area contributed by atoms with Crippen molar-refractivity contribution in [1.82, 2.24) is 4.90 Å². The van der Waals surface area contributed by atoms with E-state index >= 15 is 0 Å². The molecule has 0 bridgehead atoms. The van der Waals surface area contributed by atoms with Gasteiger partial charge in [0.1, 0.15) is 0 Å². The van der Waals surface area contributed by atoms with Gasteiger partial charge in [-0.3, -0.25) is 4.79 Å². The van der Waals surface area contributed by atoms with Crippen molar-refractivity contribution in [2.75, 3.05) is 39.7 Å². The Morgan fingerprint density at radius 2 is 1.90 bits per heavy atom. The first-order valence-electron chi connectivity index (χ1n) is 10.6. The molecule has 2 atom stereocenters. The number of ether oxygens (including phenoxy) is 2. The average molecular weight is 407 g/mol. The predicted octanol–water partition coefficient (Wildman–Crippen LogP) is 4.34. The topological polar surface area (TPSA) is 50.8 Å². The molecule has 2 aliphatic rings. The zero-order valence-electron chi connectivity index (χ0n) is 18.0. The molecule has 2 aromatic rings. The van der Waals surface area contributed by atoms with Gasteiger partial charge < -0.3 is 19.7 Å². The summed E-state index contributed by atoms with van der Waals surface area (Å²) in [6.07, 6.45) is 7.03. The van der Waals surface area contributed by atoms with E-state index in [4.69, 9.17) is 9.47 Å². The van der Waals surface area contributed by atoms with Crippen molar-refractivity contribution < 1.29 is 14.3 Å². The first-order chi connectivity index (χ1) is 14.6. The van der Waals surface area contributed by atoms with Gasteiger partial charge in [-0.2, -0.15) is 0 Å². The summed E-state index contributed by atoms with van der Waals surface area (Å²) in [5, 5.41) is 3.06. The minimum absolute atomic E-state index is 0.0769. The summed E-state index contributed by atoms with van der Waals surface area (Å²) < 4.78 is 10.8. The molecule has 1 N–H and O–H groups in total. The molecule has 0 saturated carbocycles. The number of carbonyl (C=O) groups excluding carboxylic acids is 1. The highest BCUT2D eigenvalue weighted by Gasteiger charge is 2.29. The van der Waals surface area contributed by atoms with E-state index in [2.05, 4.69) is 35.5 Å². The molecule has 1 aliphatic heterocycles. The number of benzene rings is 2. The van der Waals surface area contributed by atoms with Crippen molar-refractivity contribution in [2.45, 2.75) is 25.2 Å². The number of fused-ring (bicyclic) bond motifs is 2. The molecular formula is C25H30N2O3. The summed E-state index contributed by atoms with van der Waals surface area (Å²) in [7, 11) is 5.52. The van der Waals surface area contributed by atoms with Crippen molar-refractivity contribution >= 4 is 17.7 Å². The van der Waals surface area contributed by atoms with Crippen LogP contribution in [0.15, 0.2) is 42.5 Å². The summed E-state index contributed by atoms with van der Waals surface area (Å²) >= 11 is 0. The third kappa shape index (κ3) is 4.21.